The maximum Gasteiger partial charge on any atom is 0.262 e. The number of para-hydroxylation sites is 1. The minimum absolute atomic E-state index is 0.257. The van der Waals surface area contributed by atoms with Crippen molar-refractivity contribution in [2.45, 2.75) is 4.90 Å². The van der Waals surface area contributed by atoms with Gasteiger partial charge in [-0.05, 0) is 12.1 Å². The van der Waals surface area contributed by atoms with Gasteiger partial charge in [0.2, 0.25) is 5.91 Å². The summed E-state index contributed by atoms with van der Waals surface area (Å²) in [5.41, 5.74) is 0.774. The van der Waals surface area contributed by atoms with Gasteiger partial charge in [-0.2, -0.15) is 0 Å². The van der Waals surface area contributed by atoms with Crippen LogP contribution in [-0.4, -0.2) is 18.4 Å². The van der Waals surface area contributed by atoms with Gasteiger partial charge >= 0.3 is 0 Å². The first-order chi connectivity index (χ1) is 8.70. The van der Waals surface area contributed by atoms with E-state index in [-0.39, 0.29) is 11.8 Å². The molecule has 2 rings (SSSR count). The molecule has 0 aliphatic carbocycles. The summed E-state index contributed by atoms with van der Waals surface area (Å²) in [5.74, 6) is -0.556. The van der Waals surface area contributed by atoms with Gasteiger partial charge in [-0.1, -0.05) is 30.0 Å². The molecule has 0 spiro atoms. The molecule has 0 saturated carbocycles. The molecule has 0 bridgehead atoms. The van der Waals surface area contributed by atoms with Crippen molar-refractivity contribution in [1.82, 2.24) is 5.32 Å². The summed E-state index contributed by atoms with van der Waals surface area (Å²) in [6.45, 7) is 3.88. The predicted octanol–water partition coefficient (Wildman–Crippen LogP) is 1.92. The normalized spacial score (nSPS) is 15.8. The van der Waals surface area contributed by atoms with Crippen molar-refractivity contribution in [2.75, 3.05) is 11.9 Å². The molecule has 92 valence electrons. The number of benzene rings is 1. The van der Waals surface area contributed by atoms with E-state index in [1.165, 1.54) is 17.8 Å². The lowest BCUT2D eigenvalue weighted by molar-refractivity contribution is -0.117. The zero-order valence-electron chi connectivity index (χ0n) is 9.60. The van der Waals surface area contributed by atoms with E-state index in [0.29, 0.717) is 11.4 Å². The number of thioether (sulfide) groups is 1. The average molecular weight is 260 g/mol. The number of carbonyl (C=O) groups is 2. The third-order valence-corrected chi connectivity index (χ3v) is 3.36. The average Bonchev–Trinajstić information content (AvgIpc) is 2.37. The molecule has 2 N–H and O–H groups in total. The maximum atomic E-state index is 11.8. The molecule has 1 aliphatic rings. The summed E-state index contributed by atoms with van der Waals surface area (Å²) in [6.07, 6.45) is 2.89. The Balaban J connectivity index is 2.16. The Labute approximate surface area is 109 Å². The van der Waals surface area contributed by atoms with E-state index in [0.717, 1.165) is 10.6 Å². The summed E-state index contributed by atoms with van der Waals surface area (Å²) in [5, 5.41) is 5.34. The topological polar surface area (TPSA) is 58.2 Å². The van der Waals surface area contributed by atoms with Crippen molar-refractivity contribution in [2.24, 2.45) is 0 Å². The zero-order chi connectivity index (χ0) is 13.0. The molecule has 4 nitrogen and oxygen atoms in total. The van der Waals surface area contributed by atoms with Crippen LogP contribution in [0.15, 0.2) is 52.8 Å². The summed E-state index contributed by atoms with van der Waals surface area (Å²) >= 11 is 1.29. The van der Waals surface area contributed by atoms with Crippen molar-refractivity contribution in [3.63, 3.8) is 0 Å². The van der Waals surface area contributed by atoms with E-state index in [2.05, 4.69) is 17.2 Å². The monoisotopic (exact) mass is 260 g/mol. The highest BCUT2D eigenvalue weighted by atomic mass is 32.2. The summed E-state index contributed by atoms with van der Waals surface area (Å²) in [4.78, 5) is 24.6. The first-order valence-corrected chi connectivity index (χ1v) is 6.21. The summed E-state index contributed by atoms with van der Waals surface area (Å²) < 4.78 is 0. The first kappa shape index (κ1) is 12.4. The second kappa shape index (κ2) is 5.55. The lowest BCUT2D eigenvalue weighted by Gasteiger charge is -2.17. The Morgan fingerprint density at radius 1 is 1.44 bits per heavy atom. The van der Waals surface area contributed by atoms with Crippen LogP contribution >= 0.6 is 11.8 Å². The maximum absolute atomic E-state index is 11.8. The smallest absolute Gasteiger partial charge is 0.262 e. The molecule has 1 aromatic carbocycles. The lowest BCUT2D eigenvalue weighted by Crippen LogP contribution is -2.24. The Morgan fingerprint density at radius 3 is 3.00 bits per heavy atom. The van der Waals surface area contributed by atoms with E-state index in [1.807, 2.05) is 24.3 Å². The van der Waals surface area contributed by atoms with Gasteiger partial charge < -0.3 is 10.6 Å². The van der Waals surface area contributed by atoms with Crippen LogP contribution in [0.2, 0.25) is 0 Å². The van der Waals surface area contributed by atoms with Gasteiger partial charge in [0.05, 0.1) is 10.6 Å². The molecule has 1 aliphatic heterocycles. The van der Waals surface area contributed by atoms with E-state index in [4.69, 9.17) is 0 Å². The van der Waals surface area contributed by atoms with Gasteiger partial charge in [-0.3, -0.25) is 9.59 Å². The number of fused-ring (bicyclic) bond motifs is 1. The number of rotatable bonds is 3. The quantitative estimate of drug-likeness (QED) is 0.645. The molecule has 0 fully saturated rings. The second-order valence-corrected chi connectivity index (χ2v) is 4.68. The Bertz CT molecular complexity index is 538. The van der Waals surface area contributed by atoms with Gasteiger partial charge in [0.15, 0.2) is 0 Å². The SMILES string of the molecule is C=CCNC(=O)C=C1Sc2ccccc2NC1=O. The lowest BCUT2D eigenvalue weighted by atomic mass is 10.3. The molecule has 2 amide bonds. The van der Waals surface area contributed by atoms with Crippen LogP contribution in [0.25, 0.3) is 0 Å². The van der Waals surface area contributed by atoms with E-state index < -0.39 is 0 Å². The molecule has 0 atom stereocenters. The highest BCUT2D eigenvalue weighted by Crippen LogP contribution is 2.37. The van der Waals surface area contributed by atoms with Gasteiger partial charge in [0, 0.05) is 17.5 Å². The van der Waals surface area contributed by atoms with Crippen LogP contribution in [0.3, 0.4) is 0 Å². The van der Waals surface area contributed by atoms with Crippen molar-refractivity contribution in [3.8, 4) is 0 Å². The molecule has 1 aromatic rings. The molecule has 1 heterocycles. The van der Waals surface area contributed by atoms with Crippen molar-refractivity contribution < 1.29 is 9.59 Å². The van der Waals surface area contributed by atoms with E-state index >= 15 is 0 Å². The minimum atomic E-state index is -0.299. The third kappa shape index (κ3) is 2.81. The van der Waals surface area contributed by atoms with Gasteiger partial charge in [-0.25, -0.2) is 0 Å². The number of carbonyl (C=O) groups excluding carboxylic acids is 2. The van der Waals surface area contributed by atoms with Crippen LogP contribution in [-0.2, 0) is 9.59 Å². The molecule has 0 saturated heterocycles. The molecule has 5 heteroatoms. The Hall–Kier alpha value is -2.01. The zero-order valence-corrected chi connectivity index (χ0v) is 10.4. The van der Waals surface area contributed by atoms with Crippen LogP contribution in [0.5, 0.6) is 0 Å². The second-order valence-electron chi connectivity index (χ2n) is 3.59. The van der Waals surface area contributed by atoms with E-state index in [1.54, 1.807) is 6.08 Å². The van der Waals surface area contributed by atoms with Crippen LogP contribution in [0, 0.1) is 0 Å². The molecule has 0 unspecified atom stereocenters. The van der Waals surface area contributed by atoms with Crippen molar-refractivity contribution >= 4 is 29.3 Å². The fourth-order valence-corrected chi connectivity index (χ4v) is 2.37. The standard InChI is InChI=1S/C13H12N2O2S/c1-2-7-14-12(16)8-11-13(17)15-9-5-3-4-6-10(9)18-11/h2-6,8H,1,7H2,(H,14,16)(H,15,17). The number of amides is 2. The van der Waals surface area contributed by atoms with Crippen LogP contribution < -0.4 is 10.6 Å². The minimum Gasteiger partial charge on any atom is -0.349 e. The van der Waals surface area contributed by atoms with E-state index in [9.17, 15) is 9.59 Å². The van der Waals surface area contributed by atoms with Crippen LogP contribution in [0.4, 0.5) is 5.69 Å². The molecule has 0 radical (unpaired) electrons. The van der Waals surface area contributed by atoms with Crippen molar-refractivity contribution in [3.05, 3.63) is 47.9 Å². The number of anilines is 1. The highest BCUT2D eigenvalue weighted by molar-refractivity contribution is 8.04. The number of hydrogen-bond donors (Lipinski definition) is 2. The van der Waals surface area contributed by atoms with Gasteiger partial charge in [0.1, 0.15) is 0 Å². The third-order valence-electron chi connectivity index (χ3n) is 2.26. The number of hydrogen-bond acceptors (Lipinski definition) is 3. The molecular weight excluding hydrogens is 248 g/mol. The van der Waals surface area contributed by atoms with Gasteiger partial charge in [0.25, 0.3) is 5.91 Å². The van der Waals surface area contributed by atoms with Gasteiger partial charge in [-0.15, -0.1) is 6.58 Å². The fraction of sp³-hybridized carbons (Fsp3) is 0.0769. The highest BCUT2D eigenvalue weighted by Gasteiger charge is 2.21. The summed E-state index contributed by atoms with van der Waals surface area (Å²) in [6, 6.07) is 7.47. The molecular formula is C13H12N2O2S. The molecule has 0 aromatic heterocycles. The predicted molar refractivity (Wildman–Crippen MR) is 72.2 cm³/mol. The Kier molecular flexibility index (Phi) is 3.84. The summed E-state index contributed by atoms with van der Waals surface area (Å²) in [7, 11) is 0. The number of nitrogens with one attached hydrogen (secondary N) is 2. The Morgan fingerprint density at radius 2 is 2.22 bits per heavy atom. The molecule has 18 heavy (non-hydrogen) atoms. The fourth-order valence-electron chi connectivity index (χ4n) is 1.45. The van der Waals surface area contributed by atoms with Crippen LogP contribution in [0.1, 0.15) is 0 Å². The van der Waals surface area contributed by atoms with Crippen molar-refractivity contribution in [1.29, 1.82) is 0 Å². The largest absolute Gasteiger partial charge is 0.349 e. The first-order valence-electron chi connectivity index (χ1n) is 5.39.